The highest BCUT2D eigenvalue weighted by Crippen LogP contribution is 2.24. The van der Waals surface area contributed by atoms with E-state index >= 15 is 0 Å². The first-order valence-electron chi connectivity index (χ1n) is 21.9. The smallest absolute Gasteiger partial charge is 0.325 e. The number of amides is 4. The third-order valence-electron chi connectivity index (χ3n) is 11.7. The van der Waals surface area contributed by atoms with E-state index in [0.29, 0.717) is 36.8 Å². The van der Waals surface area contributed by atoms with Gasteiger partial charge in [0.15, 0.2) is 0 Å². The van der Waals surface area contributed by atoms with Crippen LogP contribution in [0.25, 0.3) is 0 Å². The highest BCUT2D eigenvalue weighted by molar-refractivity contribution is 5.93. The fraction of sp³-hybridized carbons (Fsp3) is 0.574. The Labute approximate surface area is 360 Å². The van der Waals surface area contributed by atoms with Gasteiger partial charge in [0.2, 0.25) is 17.7 Å². The molecule has 2 fully saturated rings. The Morgan fingerprint density at radius 3 is 2.38 bits per heavy atom. The summed E-state index contributed by atoms with van der Waals surface area (Å²) in [5, 5.41) is 31.7. The monoisotopic (exact) mass is 845 g/mol. The van der Waals surface area contributed by atoms with E-state index in [1.807, 2.05) is 38.2 Å². The van der Waals surface area contributed by atoms with Crippen molar-refractivity contribution in [1.29, 1.82) is 0 Å². The second-order valence-electron chi connectivity index (χ2n) is 17.2. The molecular weight excluding hydrogens is 779 g/mol. The number of ketones is 1. The van der Waals surface area contributed by atoms with Crippen molar-refractivity contribution < 1.29 is 43.7 Å². The highest BCUT2D eigenvalue weighted by atomic mass is 16.5. The molecule has 2 aliphatic heterocycles. The van der Waals surface area contributed by atoms with Crippen molar-refractivity contribution in [2.75, 3.05) is 6.54 Å². The number of nitrogens with zero attached hydrogens (tertiary/aromatic N) is 1. The molecule has 334 valence electrons. The van der Waals surface area contributed by atoms with E-state index < -0.39 is 71.8 Å². The van der Waals surface area contributed by atoms with Crippen LogP contribution in [0.4, 0.5) is 0 Å². The number of aliphatic hydroxyl groups is 1. The first kappa shape index (κ1) is 48.6. The molecule has 1 aliphatic carbocycles. The standard InChI is InChI=1S/C47H67N5O9/c1-30(2)42-45(58)49-39(29-34-18-14-21-36(54)28-34)46(59)52-27-15-22-38(51-52)47(60)61-40(31(3)17-13-24-41(55)48-35-19-10-8-11-20-35)23-12-7-6-9-16-32(4)43(56)37(44(57)50-42)26-25-33(5)53/h6-7,9,12-14,17-18,21,24,28,30,32,35,37-40,42-43,51,54,56H,8,10-11,15-16,19-20,22-23,25-27,29H2,1-5H3,(H,48,55)(H,49,58)(H,50,57)/t32-,37+,38?,39-,40-,42-,43+/m0/s1. The van der Waals surface area contributed by atoms with Gasteiger partial charge >= 0.3 is 5.97 Å². The molecule has 2 bridgehead atoms. The molecule has 1 saturated heterocycles. The predicted octanol–water partition coefficient (Wildman–Crippen LogP) is 4.81. The van der Waals surface area contributed by atoms with Crippen molar-refractivity contribution in [3.8, 4) is 5.75 Å². The molecule has 7 atom stereocenters. The molecule has 3 aliphatic rings. The molecule has 14 nitrogen and oxygen atoms in total. The van der Waals surface area contributed by atoms with Crippen LogP contribution in [0.1, 0.15) is 111 Å². The number of hydrogen-bond acceptors (Lipinski definition) is 10. The number of aliphatic hydroxyl groups excluding tert-OH is 1. The summed E-state index contributed by atoms with van der Waals surface area (Å²) < 4.78 is 6.10. The van der Waals surface area contributed by atoms with Crippen molar-refractivity contribution in [2.45, 2.75) is 148 Å². The fourth-order valence-corrected chi connectivity index (χ4v) is 7.92. The van der Waals surface area contributed by atoms with Crippen LogP contribution in [0.2, 0.25) is 0 Å². The van der Waals surface area contributed by atoms with Crippen molar-refractivity contribution >= 4 is 35.4 Å². The molecule has 4 amide bonds. The fourth-order valence-electron chi connectivity index (χ4n) is 7.92. The molecule has 14 heteroatoms. The van der Waals surface area contributed by atoms with Crippen LogP contribution < -0.4 is 21.4 Å². The minimum atomic E-state index is -1.18. The second kappa shape index (κ2) is 24.4. The molecular formula is C47H67N5O9. The van der Waals surface area contributed by atoms with E-state index in [0.717, 1.165) is 25.7 Å². The van der Waals surface area contributed by atoms with E-state index in [4.69, 9.17) is 4.74 Å². The average molecular weight is 846 g/mol. The number of phenolic OH excluding ortho intramolecular Hbond substituents is 1. The molecule has 6 N–H and O–H groups in total. The number of allylic oxidation sites excluding steroid dienone is 5. The third-order valence-corrected chi connectivity index (χ3v) is 11.7. The van der Waals surface area contributed by atoms with Crippen LogP contribution in [0.5, 0.6) is 5.75 Å². The van der Waals surface area contributed by atoms with Gasteiger partial charge in [-0.05, 0) is 87.5 Å². The lowest BCUT2D eigenvalue weighted by Crippen LogP contribution is -2.62. The first-order valence-corrected chi connectivity index (χ1v) is 21.9. The maximum absolute atomic E-state index is 14.4. The van der Waals surface area contributed by atoms with E-state index in [1.54, 1.807) is 38.1 Å². The van der Waals surface area contributed by atoms with Crippen LogP contribution in [-0.2, 0) is 39.9 Å². The number of aromatic hydroxyl groups is 1. The summed E-state index contributed by atoms with van der Waals surface area (Å²) in [7, 11) is 0. The molecule has 0 radical (unpaired) electrons. The van der Waals surface area contributed by atoms with Crippen LogP contribution >= 0.6 is 0 Å². The second-order valence-corrected chi connectivity index (χ2v) is 17.2. The minimum Gasteiger partial charge on any atom is -0.508 e. The zero-order valence-corrected chi connectivity index (χ0v) is 36.4. The number of Topliss-reactive ketones (excluding diaryl/α,β-unsaturated/α-hetero) is 1. The number of nitrogens with one attached hydrogen (secondary N) is 4. The molecule has 1 saturated carbocycles. The van der Waals surface area contributed by atoms with Gasteiger partial charge in [-0.2, -0.15) is 0 Å². The molecule has 4 rings (SSSR count). The molecule has 1 aromatic rings. The summed E-state index contributed by atoms with van der Waals surface area (Å²) in [4.78, 5) is 80.9. The van der Waals surface area contributed by atoms with Gasteiger partial charge in [0.05, 0.1) is 12.0 Å². The van der Waals surface area contributed by atoms with Crippen LogP contribution in [0.3, 0.4) is 0 Å². The molecule has 1 unspecified atom stereocenters. The Morgan fingerprint density at radius 1 is 0.967 bits per heavy atom. The normalized spacial score (nSPS) is 27.2. The maximum atomic E-state index is 14.4. The lowest BCUT2D eigenvalue weighted by atomic mass is 9.85. The topological polar surface area (TPSA) is 203 Å². The van der Waals surface area contributed by atoms with E-state index in [9.17, 15) is 39.0 Å². The van der Waals surface area contributed by atoms with E-state index in [1.165, 1.54) is 36.6 Å². The molecule has 0 spiro atoms. The van der Waals surface area contributed by atoms with Gasteiger partial charge in [0, 0.05) is 37.9 Å². The van der Waals surface area contributed by atoms with Crippen molar-refractivity contribution in [3.05, 3.63) is 77.9 Å². The maximum Gasteiger partial charge on any atom is 0.325 e. The molecule has 2 heterocycles. The number of carbonyl (C=O) groups is 6. The number of phenols is 1. The molecule has 61 heavy (non-hydrogen) atoms. The summed E-state index contributed by atoms with van der Waals surface area (Å²) >= 11 is 0. The summed E-state index contributed by atoms with van der Waals surface area (Å²) in [5.41, 5.74) is 4.29. The number of rotatable bonds is 10. The number of fused-ring (bicyclic) bond motifs is 2. The number of benzene rings is 1. The van der Waals surface area contributed by atoms with Gasteiger partial charge in [0.1, 0.15) is 35.8 Å². The van der Waals surface area contributed by atoms with Gasteiger partial charge in [-0.15, -0.1) is 0 Å². The average Bonchev–Trinajstić information content (AvgIpc) is 3.22. The number of carbonyl (C=O) groups excluding carboxylic acids is 6. The zero-order chi connectivity index (χ0) is 44.5. The van der Waals surface area contributed by atoms with Crippen LogP contribution in [-0.4, -0.2) is 93.5 Å². The van der Waals surface area contributed by atoms with Gasteiger partial charge in [-0.3, -0.25) is 29.0 Å². The predicted molar refractivity (Wildman–Crippen MR) is 232 cm³/mol. The van der Waals surface area contributed by atoms with Crippen LogP contribution in [0.15, 0.2) is 72.4 Å². The first-order chi connectivity index (χ1) is 29.1. The number of ether oxygens (including phenoxy) is 1. The summed E-state index contributed by atoms with van der Waals surface area (Å²) in [5.74, 6) is -4.49. The number of cyclic esters (lactones) is 1. The highest BCUT2D eigenvalue weighted by Gasteiger charge is 2.38. The van der Waals surface area contributed by atoms with Gasteiger partial charge < -0.3 is 35.7 Å². The van der Waals surface area contributed by atoms with Crippen molar-refractivity contribution in [3.63, 3.8) is 0 Å². The zero-order valence-electron chi connectivity index (χ0n) is 36.4. The quantitative estimate of drug-likeness (QED) is 0.108. The Bertz CT molecular complexity index is 1800. The SMILES string of the molecule is CC(=O)CC[C@H]1C(=O)N[C@@H](C(C)C)C(=O)N[C@@H](Cc2cccc(O)c2)C(=O)N2CCCC(N2)C(=O)O[C@H](C(C)=CC=CC(=O)NC2CCCCC2)CC=CC=CC[C@H](C)[C@H]1O. The Kier molecular flexibility index (Phi) is 19.4. The lowest BCUT2D eigenvalue weighted by Gasteiger charge is -2.36. The van der Waals surface area contributed by atoms with Crippen molar-refractivity contribution in [1.82, 2.24) is 26.4 Å². The Morgan fingerprint density at radius 2 is 1.69 bits per heavy atom. The summed E-state index contributed by atoms with van der Waals surface area (Å²) in [6.45, 7) is 8.78. The van der Waals surface area contributed by atoms with Gasteiger partial charge in [-0.1, -0.05) is 88.6 Å². The number of esters is 1. The summed E-state index contributed by atoms with van der Waals surface area (Å²) in [6, 6.07) is 3.33. The number of hydrazine groups is 1. The Hall–Kier alpha value is -5.08. The summed E-state index contributed by atoms with van der Waals surface area (Å²) in [6.07, 6.45) is 17.3. The molecule has 1 aromatic carbocycles. The molecule has 0 aromatic heterocycles. The van der Waals surface area contributed by atoms with Gasteiger partial charge in [-0.25, -0.2) is 5.43 Å². The van der Waals surface area contributed by atoms with Crippen LogP contribution in [0, 0.1) is 17.8 Å². The largest absolute Gasteiger partial charge is 0.508 e. The van der Waals surface area contributed by atoms with E-state index in [-0.39, 0.29) is 49.3 Å². The Balaban J connectivity index is 1.66. The van der Waals surface area contributed by atoms with E-state index in [2.05, 4.69) is 21.4 Å². The minimum absolute atomic E-state index is 0.0133. The van der Waals surface area contributed by atoms with Crippen molar-refractivity contribution in [2.24, 2.45) is 17.8 Å². The lowest BCUT2D eigenvalue weighted by molar-refractivity contribution is -0.156. The van der Waals surface area contributed by atoms with Gasteiger partial charge in [0.25, 0.3) is 5.91 Å². The number of hydrogen-bond donors (Lipinski definition) is 6. The third kappa shape index (κ3) is 15.7.